The average molecular weight is 158 g/mol. The maximum absolute atomic E-state index is 4.43. The van der Waals surface area contributed by atoms with Crippen LogP contribution >= 0.6 is 0 Å². The van der Waals surface area contributed by atoms with Gasteiger partial charge in [0.15, 0.2) is 0 Å². The first-order chi connectivity index (χ1) is 5.70. The van der Waals surface area contributed by atoms with E-state index in [1.54, 1.807) is 0 Å². The molecule has 0 spiro atoms. The molecule has 0 unspecified atom stereocenters. The van der Waals surface area contributed by atoms with E-state index in [0.717, 1.165) is 5.52 Å². The molecule has 0 saturated carbocycles. The number of benzene rings is 1. The van der Waals surface area contributed by atoms with Gasteiger partial charge in [0.25, 0.3) is 0 Å². The molecule has 0 atom stereocenters. The summed E-state index contributed by atoms with van der Waals surface area (Å²) >= 11 is 0. The average Bonchev–Trinajstić information content (AvgIpc) is 2.32. The van der Waals surface area contributed by atoms with Gasteiger partial charge in [0, 0.05) is 18.1 Å². The summed E-state index contributed by atoms with van der Waals surface area (Å²) in [6.07, 6.45) is 0. The lowest BCUT2D eigenvalue weighted by molar-refractivity contribution is 0.751. The molecule has 1 aromatic heterocycles. The quantitative estimate of drug-likeness (QED) is 0.498. The lowest BCUT2D eigenvalue weighted by Crippen LogP contribution is -2.03. The molecule has 0 bridgehead atoms. The smallest absolute Gasteiger partial charge is 0.142 e. The number of hydrogen-bond donors (Lipinski definition) is 0. The van der Waals surface area contributed by atoms with Crippen LogP contribution in [0.1, 0.15) is 5.69 Å². The SMILES string of the molecule is Bc1cccc2c(C)n(C)nc12. The Kier molecular flexibility index (Phi) is 1.46. The molecule has 1 aromatic carbocycles. The predicted octanol–water partition coefficient (Wildman–Crippen LogP) is 0.140. The van der Waals surface area contributed by atoms with Gasteiger partial charge in [-0.2, -0.15) is 5.10 Å². The van der Waals surface area contributed by atoms with Crippen LogP contribution in [0.25, 0.3) is 10.9 Å². The molecular weight excluding hydrogens is 147 g/mol. The second-order valence-electron chi connectivity index (χ2n) is 3.18. The summed E-state index contributed by atoms with van der Waals surface area (Å²) in [6.45, 7) is 2.09. The molecule has 0 N–H and O–H groups in total. The van der Waals surface area contributed by atoms with Crippen molar-refractivity contribution in [2.45, 2.75) is 6.92 Å². The van der Waals surface area contributed by atoms with Crippen LogP contribution in [0.3, 0.4) is 0 Å². The highest BCUT2D eigenvalue weighted by molar-refractivity contribution is 6.38. The predicted molar refractivity (Wildman–Crippen MR) is 53.6 cm³/mol. The molecule has 60 valence electrons. The van der Waals surface area contributed by atoms with Crippen molar-refractivity contribution in [3.63, 3.8) is 0 Å². The molecule has 0 fully saturated rings. The van der Waals surface area contributed by atoms with Gasteiger partial charge in [0.2, 0.25) is 0 Å². The summed E-state index contributed by atoms with van der Waals surface area (Å²) in [6, 6.07) is 6.28. The number of aromatic nitrogens is 2. The van der Waals surface area contributed by atoms with Crippen LogP contribution in [-0.2, 0) is 7.05 Å². The van der Waals surface area contributed by atoms with Crippen LogP contribution < -0.4 is 5.46 Å². The fourth-order valence-electron chi connectivity index (χ4n) is 1.48. The largest absolute Gasteiger partial charge is 0.272 e. The summed E-state index contributed by atoms with van der Waals surface area (Å²) in [7, 11) is 4.07. The second kappa shape index (κ2) is 2.37. The Morgan fingerprint density at radius 1 is 1.42 bits per heavy atom. The molecule has 0 amide bonds. The monoisotopic (exact) mass is 158 g/mol. The lowest BCUT2D eigenvalue weighted by Gasteiger charge is -1.92. The minimum absolute atomic E-state index is 1.12. The molecule has 2 nitrogen and oxygen atoms in total. The Labute approximate surface area is 72.6 Å². The summed E-state index contributed by atoms with van der Waals surface area (Å²) in [5, 5.41) is 5.69. The van der Waals surface area contributed by atoms with Gasteiger partial charge >= 0.3 is 0 Å². The highest BCUT2D eigenvalue weighted by Gasteiger charge is 2.04. The van der Waals surface area contributed by atoms with Gasteiger partial charge in [0.1, 0.15) is 7.85 Å². The zero-order valence-electron chi connectivity index (χ0n) is 7.63. The number of hydrogen-bond acceptors (Lipinski definition) is 1. The molecule has 2 rings (SSSR count). The Hall–Kier alpha value is -1.25. The van der Waals surface area contributed by atoms with E-state index >= 15 is 0 Å². The normalized spacial score (nSPS) is 10.8. The summed E-state index contributed by atoms with van der Waals surface area (Å²) < 4.78 is 1.93. The van der Waals surface area contributed by atoms with Crippen molar-refractivity contribution in [3.05, 3.63) is 23.9 Å². The summed E-state index contributed by atoms with van der Waals surface area (Å²) in [5.41, 5.74) is 3.60. The van der Waals surface area contributed by atoms with Crippen molar-refractivity contribution in [2.24, 2.45) is 7.05 Å². The summed E-state index contributed by atoms with van der Waals surface area (Å²) in [5.74, 6) is 0. The maximum atomic E-state index is 4.43. The topological polar surface area (TPSA) is 17.8 Å². The van der Waals surface area contributed by atoms with Gasteiger partial charge in [-0.05, 0) is 6.92 Å². The van der Waals surface area contributed by atoms with Gasteiger partial charge < -0.3 is 0 Å². The molecule has 0 aliphatic heterocycles. The van der Waals surface area contributed by atoms with Crippen molar-refractivity contribution in [1.82, 2.24) is 9.78 Å². The van der Waals surface area contributed by atoms with Crippen molar-refractivity contribution in [2.75, 3.05) is 0 Å². The van der Waals surface area contributed by atoms with Crippen molar-refractivity contribution >= 4 is 24.2 Å². The van der Waals surface area contributed by atoms with E-state index in [0.29, 0.717) is 0 Å². The van der Waals surface area contributed by atoms with Gasteiger partial charge in [-0.1, -0.05) is 23.7 Å². The zero-order valence-corrected chi connectivity index (χ0v) is 7.63. The van der Waals surface area contributed by atoms with Crippen molar-refractivity contribution in [3.8, 4) is 0 Å². The number of fused-ring (bicyclic) bond motifs is 1. The second-order valence-corrected chi connectivity index (χ2v) is 3.18. The van der Waals surface area contributed by atoms with Crippen molar-refractivity contribution < 1.29 is 0 Å². The van der Waals surface area contributed by atoms with Crippen LogP contribution in [0.15, 0.2) is 18.2 Å². The first-order valence-corrected chi connectivity index (χ1v) is 4.09. The van der Waals surface area contributed by atoms with E-state index in [1.807, 2.05) is 11.7 Å². The molecule has 0 aliphatic carbocycles. The molecular formula is C9H11BN2. The number of nitrogens with zero attached hydrogens (tertiary/aromatic N) is 2. The van der Waals surface area contributed by atoms with E-state index in [1.165, 1.54) is 16.5 Å². The molecule has 3 heteroatoms. The third-order valence-corrected chi connectivity index (χ3v) is 2.36. The molecule has 1 heterocycles. The van der Waals surface area contributed by atoms with Crippen LogP contribution in [0.4, 0.5) is 0 Å². The molecule has 0 radical (unpaired) electrons. The van der Waals surface area contributed by atoms with Crippen LogP contribution in [0.5, 0.6) is 0 Å². The third-order valence-electron chi connectivity index (χ3n) is 2.36. The van der Waals surface area contributed by atoms with Crippen molar-refractivity contribution in [1.29, 1.82) is 0 Å². The van der Waals surface area contributed by atoms with Gasteiger partial charge in [-0.3, -0.25) is 4.68 Å². The molecule has 2 aromatic rings. The minimum atomic E-state index is 1.12. The highest BCUT2D eigenvalue weighted by atomic mass is 15.3. The minimum Gasteiger partial charge on any atom is -0.272 e. The maximum Gasteiger partial charge on any atom is 0.142 e. The number of aryl methyl sites for hydroxylation is 2. The van der Waals surface area contributed by atoms with Gasteiger partial charge in [0.05, 0.1) is 5.52 Å². The first kappa shape index (κ1) is 7.41. The highest BCUT2D eigenvalue weighted by Crippen LogP contribution is 2.13. The summed E-state index contributed by atoms with van der Waals surface area (Å²) in [4.78, 5) is 0. The van der Waals surface area contributed by atoms with E-state index in [9.17, 15) is 0 Å². The number of rotatable bonds is 0. The van der Waals surface area contributed by atoms with Gasteiger partial charge in [-0.25, -0.2) is 0 Å². The van der Waals surface area contributed by atoms with Crippen LogP contribution in [0.2, 0.25) is 0 Å². The first-order valence-electron chi connectivity index (χ1n) is 4.09. The van der Waals surface area contributed by atoms with Gasteiger partial charge in [-0.15, -0.1) is 0 Å². The molecule has 12 heavy (non-hydrogen) atoms. The van der Waals surface area contributed by atoms with Crippen LogP contribution in [0, 0.1) is 6.92 Å². The Morgan fingerprint density at radius 2 is 2.17 bits per heavy atom. The third kappa shape index (κ3) is 0.859. The van der Waals surface area contributed by atoms with Crippen LogP contribution in [-0.4, -0.2) is 17.6 Å². The van der Waals surface area contributed by atoms with E-state index < -0.39 is 0 Å². The van der Waals surface area contributed by atoms with E-state index in [-0.39, 0.29) is 0 Å². The molecule has 0 aliphatic rings. The fourth-order valence-corrected chi connectivity index (χ4v) is 1.48. The Bertz CT molecular complexity index is 431. The Balaban J connectivity index is 2.95. The zero-order chi connectivity index (χ0) is 8.72. The van der Waals surface area contributed by atoms with E-state index in [4.69, 9.17) is 0 Å². The standard InChI is InChI=1S/C9H11BN2/c1-6-7-4-3-5-8(10)9(7)11-12(6)2/h3-5H,10H2,1-2H3. The molecule has 0 saturated heterocycles. The Morgan fingerprint density at radius 3 is 2.83 bits per heavy atom. The lowest BCUT2D eigenvalue weighted by atomic mass is 9.94. The van der Waals surface area contributed by atoms with E-state index in [2.05, 4.69) is 38.1 Å². The fraction of sp³-hybridized carbons (Fsp3) is 0.222.